The monoisotopic (exact) mass is 281 g/mol. The fraction of sp³-hybridized carbons (Fsp3) is 0. The zero-order chi connectivity index (χ0) is 13.5. The van der Waals surface area contributed by atoms with Crippen molar-refractivity contribution in [1.82, 2.24) is 9.97 Å². The van der Waals surface area contributed by atoms with Crippen LogP contribution in [0.5, 0.6) is 0 Å². The highest BCUT2D eigenvalue weighted by molar-refractivity contribution is 7.99. The average Bonchev–Trinajstić information content (AvgIpc) is 3.00. The Bertz CT molecular complexity index is 877. The minimum Gasteiger partial charge on any atom is -0.431 e. The number of hydrogen-bond acceptors (Lipinski definition) is 4. The van der Waals surface area contributed by atoms with Gasteiger partial charge in [-0.05, 0) is 36.0 Å². The molecule has 0 unspecified atom stereocenters. The first-order valence-electron chi connectivity index (χ1n) is 6.20. The zero-order valence-corrected chi connectivity index (χ0v) is 11.3. The second-order valence-corrected chi connectivity index (χ2v) is 5.52. The lowest BCUT2D eigenvalue weighted by Gasteiger charge is -1.90. The molecule has 3 N–H and O–H groups in total. The van der Waals surface area contributed by atoms with Gasteiger partial charge in [-0.2, -0.15) is 0 Å². The highest BCUT2D eigenvalue weighted by Gasteiger charge is 2.09. The van der Waals surface area contributed by atoms with Crippen molar-refractivity contribution in [3.05, 3.63) is 48.5 Å². The molecule has 4 nitrogen and oxygen atoms in total. The molecule has 4 rings (SSSR count). The molecule has 2 aromatic heterocycles. The third kappa shape index (κ3) is 1.92. The summed E-state index contributed by atoms with van der Waals surface area (Å²) in [6.45, 7) is 0. The summed E-state index contributed by atoms with van der Waals surface area (Å²) < 4.78 is 5.70. The molecular formula is C15H11N3OS. The molecule has 98 valence electrons. The zero-order valence-electron chi connectivity index (χ0n) is 10.5. The smallest absolute Gasteiger partial charge is 0.263 e. The van der Waals surface area contributed by atoms with Crippen LogP contribution >= 0.6 is 11.8 Å². The molecule has 0 saturated heterocycles. The van der Waals surface area contributed by atoms with E-state index in [-0.39, 0.29) is 0 Å². The van der Waals surface area contributed by atoms with Crippen molar-refractivity contribution < 1.29 is 4.42 Å². The maximum Gasteiger partial charge on any atom is 0.263 e. The summed E-state index contributed by atoms with van der Waals surface area (Å²) in [6.07, 6.45) is 0. The number of nitrogens with two attached hydrogens (primary N) is 1. The maximum absolute atomic E-state index is 5.74. The lowest BCUT2D eigenvalue weighted by molar-refractivity contribution is 0.489. The maximum atomic E-state index is 5.74. The Labute approximate surface area is 119 Å². The van der Waals surface area contributed by atoms with Gasteiger partial charge in [-0.15, -0.1) is 0 Å². The van der Waals surface area contributed by atoms with Crippen molar-refractivity contribution in [2.45, 2.75) is 10.2 Å². The van der Waals surface area contributed by atoms with E-state index in [9.17, 15) is 0 Å². The molecule has 0 amide bonds. The van der Waals surface area contributed by atoms with Crippen molar-refractivity contribution in [1.29, 1.82) is 0 Å². The summed E-state index contributed by atoms with van der Waals surface area (Å²) in [5, 5.41) is 2.79. The minimum absolute atomic E-state index is 0.608. The van der Waals surface area contributed by atoms with Crippen LogP contribution in [0.15, 0.2) is 63.2 Å². The van der Waals surface area contributed by atoms with Crippen LogP contribution < -0.4 is 5.73 Å². The lowest BCUT2D eigenvalue weighted by atomic mass is 10.3. The summed E-state index contributed by atoms with van der Waals surface area (Å²) in [7, 11) is 0. The Balaban J connectivity index is 1.72. The Kier molecular flexibility index (Phi) is 2.47. The van der Waals surface area contributed by atoms with Crippen molar-refractivity contribution in [3.8, 4) is 0 Å². The number of anilines is 1. The normalized spacial score (nSPS) is 11.4. The number of para-hydroxylation sites is 1. The first-order chi connectivity index (χ1) is 9.78. The minimum atomic E-state index is 0.608. The van der Waals surface area contributed by atoms with E-state index in [1.165, 1.54) is 17.1 Å². The summed E-state index contributed by atoms with van der Waals surface area (Å²) in [4.78, 5) is 7.78. The predicted molar refractivity (Wildman–Crippen MR) is 80.8 cm³/mol. The quantitative estimate of drug-likeness (QED) is 0.544. The number of H-pyrrole nitrogens is 1. The first kappa shape index (κ1) is 11.4. The van der Waals surface area contributed by atoms with Gasteiger partial charge >= 0.3 is 0 Å². The summed E-state index contributed by atoms with van der Waals surface area (Å²) in [5.41, 5.74) is 9.05. The van der Waals surface area contributed by atoms with Gasteiger partial charge in [0.25, 0.3) is 5.22 Å². The number of fused-ring (bicyclic) bond motifs is 2. The van der Waals surface area contributed by atoms with Crippen LogP contribution in [-0.4, -0.2) is 9.97 Å². The number of aromatic nitrogens is 2. The van der Waals surface area contributed by atoms with Gasteiger partial charge in [0, 0.05) is 22.7 Å². The van der Waals surface area contributed by atoms with E-state index in [2.05, 4.69) is 22.1 Å². The molecule has 0 saturated carbocycles. The number of oxazole rings is 1. The number of benzene rings is 2. The third-order valence-corrected chi connectivity index (χ3v) is 3.88. The van der Waals surface area contributed by atoms with Gasteiger partial charge in [-0.3, -0.25) is 0 Å². The molecule has 5 heteroatoms. The molecule has 0 spiro atoms. The van der Waals surface area contributed by atoms with E-state index < -0.39 is 0 Å². The molecule has 4 aromatic rings. The van der Waals surface area contributed by atoms with Gasteiger partial charge in [0.1, 0.15) is 5.52 Å². The number of nitrogens with one attached hydrogen (secondary N) is 1. The standard InChI is InChI=1S/C15H11N3OS/c16-10-5-6-12-13(8-10)19-15(18-12)20-14-7-9-3-1-2-4-11(9)17-14/h1-8,17H,16H2. The Morgan fingerprint density at radius 1 is 1.10 bits per heavy atom. The van der Waals surface area contributed by atoms with E-state index >= 15 is 0 Å². The highest BCUT2D eigenvalue weighted by atomic mass is 32.2. The SMILES string of the molecule is Nc1ccc2nc(Sc3cc4ccccc4[nH]3)oc2c1. The van der Waals surface area contributed by atoms with Crippen LogP contribution in [0, 0.1) is 0 Å². The predicted octanol–water partition coefficient (Wildman–Crippen LogP) is 4.04. The Hall–Kier alpha value is -2.40. The van der Waals surface area contributed by atoms with Crippen molar-refractivity contribution in [2.75, 3.05) is 5.73 Å². The second-order valence-electron chi connectivity index (χ2n) is 4.53. The topological polar surface area (TPSA) is 67.8 Å². The van der Waals surface area contributed by atoms with Crippen LogP contribution in [0.3, 0.4) is 0 Å². The van der Waals surface area contributed by atoms with Crippen LogP contribution in [0.4, 0.5) is 5.69 Å². The number of nitrogens with zero attached hydrogens (tertiary/aromatic N) is 1. The number of hydrogen-bond donors (Lipinski definition) is 2. The first-order valence-corrected chi connectivity index (χ1v) is 7.01. The highest BCUT2D eigenvalue weighted by Crippen LogP contribution is 2.31. The van der Waals surface area contributed by atoms with Crippen LogP contribution in [0.25, 0.3) is 22.0 Å². The van der Waals surface area contributed by atoms with E-state index in [1.807, 2.05) is 30.3 Å². The fourth-order valence-corrected chi connectivity index (χ4v) is 2.97. The Morgan fingerprint density at radius 3 is 2.90 bits per heavy atom. The lowest BCUT2D eigenvalue weighted by Crippen LogP contribution is -1.81. The van der Waals surface area contributed by atoms with Gasteiger partial charge in [0.15, 0.2) is 5.58 Å². The molecular weight excluding hydrogens is 270 g/mol. The van der Waals surface area contributed by atoms with E-state index in [0.717, 1.165) is 16.1 Å². The average molecular weight is 281 g/mol. The number of rotatable bonds is 2. The van der Waals surface area contributed by atoms with Crippen LogP contribution in [0.2, 0.25) is 0 Å². The second kappa shape index (κ2) is 4.31. The van der Waals surface area contributed by atoms with Gasteiger partial charge < -0.3 is 15.1 Å². The van der Waals surface area contributed by atoms with Crippen LogP contribution in [-0.2, 0) is 0 Å². The van der Waals surface area contributed by atoms with Crippen molar-refractivity contribution in [3.63, 3.8) is 0 Å². The summed E-state index contributed by atoms with van der Waals surface area (Å²) in [5.74, 6) is 0. The molecule has 0 radical (unpaired) electrons. The van der Waals surface area contributed by atoms with Gasteiger partial charge in [-0.25, -0.2) is 4.98 Å². The molecule has 0 fully saturated rings. The molecule has 0 atom stereocenters. The fourth-order valence-electron chi connectivity index (χ4n) is 2.16. The van der Waals surface area contributed by atoms with E-state index in [0.29, 0.717) is 16.5 Å². The molecule has 0 bridgehead atoms. The third-order valence-electron chi connectivity index (χ3n) is 3.10. The molecule has 0 aliphatic rings. The van der Waals surface area contributed by atoms with E-state index in [4.69, 9.17) is 10.2 Å². The molecule has 2 heterocycles. The summed E-state index contributed by atoms with van der Waals surface area (Å²) in [6, 6.07) is 15.7. The number of nitrogen functional groups attached to an aromatic ring is 1. The summed E-state index contributed by atoms with van der Waals surface area (Å²) >= 11 is 1.47. The van der Waals surface area contributed by atoms with Gasteiger partial charge in [-0.1, -0.05) is 18.2 Å². The van der Waals surface area contributed by atoms with Crippen molar-refractivity contribution >= 4 is 39.5 Å². The molecule has 2 aromatic carbocycles. The molecule has 20 heavy (non-hydrogen) atoms. The molecule has 0 aliphatic carbocycles. The van der Waals surface area contributed by atoms with Gasteiger partial charge in [0.05, 0.1) is 5.03 Å². The largest absolute Gasteiger partial charge is 0.431 e. The number of aromatic amines is 1. The van der Waals surface area contributed by atoms with E-state index in [1.54, 1.807) is 6.07 Å². The van der Waals surface area contributed by atoms with Crippen molar-refractivity contribution in [2.24, 2.45) is 0 Å². The Morgan fingerprint density at radius 2 is 2.00 bits per heavy atom. The van der Waals surface area contributed by atoms with Crippen LogP contribution in [0.1, 0.15) is 0 Å². The van der Waals surface area contributed by atoms with Gasteiger partial charge in [0.2, 0.25) is 0 Å². The molecule has 0 aliphatic heterocycles.